The van der Waals surface area contributed by atoms with E-state index in [1.807, 2.05) is 26.1 Å². The Bertz CT molecular complexity index is 876. The second kappa shape index (κ2) is 10.0. The molecule has 8 heteroatoms. The number of piperidine rings is 1. The summed E-state index contributed by atoms with van der Waals surface area (Å²) in [5.41, 5.74) is 1.12. The van der Waals surface area contributed by atoms with Crippen molar-refractivity contribution >= 4 is 21.7 Å². The van der Waals surface area contributed by atoms with Crippen molar-refractivity contribution in [2.45, 2.75) is 63.4 Å². The van der Waals surface area contributed by atoms with Gasteiger partial charge in [-0.05, 0) is 61.9 Å². The number of pyridine rings is 2. The molecule has 0 spiro atoms. The Morgan fingerprint density at radius 1 is 1.07 bits per heavy atom. The first-order valence-corrected chi connectivity index (χ1v) is 11.9. The van der Waals surface area contributed by atoms with E-state index in [-0.39, 0.29) is 10.9 Å². The highest BCUT2D eigenvalue weighted by Crippen LogP contribution is 2.19. The molecule has 7 nitrogen and oxygen atoms in total. The molecule has 1 aliphatic heterocycles. The maximum atomic E-state index is 12.5. The van der Waals surface area contributed by atoms with Crippen LogP contribution in [0.15, 0.2) is 41.6 Å². The van der Waals surface area contributed by atoms with E-state index in [1.54, 1.807) is 12.1 Å². The predicted molar refractivity (Wildman–Crippen MR) is 117 cm³/mol. The van der Waals surface area contributed by atoms with Gasteiger partial charge in [-0.2, -0.15) is 0 Å². The third-order valence-corrected chi connectivity index (χ3v) is 6.82. The van der Waals surface area contributed by atoms with Crippen LogP contribution in [0.5, 0.6) is 0 Å². The van der Waals surface area contributed by atoms with E-state index in [4.69, 9.17) is 0 Å². The van der Waals surface area contributed by atoms with Gasteiger partial charge in [0.05, 0.1) is 0 Å². The molecule has 1 aliphatic rings. The molecule has 2 aromatic heterocycles. The van der Waals surface area contributed by atoms with Crippen LogP contribution in [-0.2, 0) is 16.6 Å². The molecule has 3 heterocycles. The average molecular weight is 418 g/mol. The van der Waals surface area contributed by atoms with Crippen LogP contribution in [0.2, 0.25) is 0 Å². The van der Waals surface area contributed by atoms with Crippen LogP contribution in [0.1, 0.15) is 51.5 Å². The summed E-state index contributed by atoms with van der Waals surface area (Å²) in [4.78, 5) is 11.3. The van der Waals surface area contributed by atoms with Gasteiger partial charge in [-0.25, -0.2) is 23.1 Å². The van der Waals surface area contributed by atoms with Crippen LogP contribution >= 0.6 is 0 Å². The standard InChI is InChI=1S/C21H31N5O2S/c1-3-18(4-2)25-29(27,28)19-8-9-20(24-16-19)23-15-17-10-11-22-21(14-17)26-12-6-5-7-13-26/h8-11,14,16,18,25H,3-7,12-13,15H2,1-2H3,(H,23,24). The van der Waals surface area contributed by atoms with Gasteiger partial charge in [0.15, 0.2) is 0 Å². The molecule has 0 atom stereocenters. The van der Waals surface area contributed by atoms with Crippen molar-refractivity contribution in [3.8, 4) is 0 Å². The number of sulfonamides is 1. The van der Waals surface area contributed by atoms with E-state index in [2.05, 4.69) is 31.0 Å². The number of aromatic nitrogens is 2. The molecule has 3 rings (SSSR count). The lowest BCUT2D eigenvalue weighted by Crippen LogP contribution is -2.33. The zero-order chi connectivity index (χ0) is 20.7. The Hall–Kier alpha value is -2.19. The van der Waals surface area contributed by atoms with Gasteiger partial charge in [-0.15, -0.1) is 0 Å². The van der Waals surface area contributed by atoms with Crippen molar-refractivity contribution in [3.05, 3.63) is 42.2 Å². The number of hydrogen-bond donors (Lipinski definition) is 2. The van der Waals surface area contributed by atoms with Crippen LogP contribution < -0.4 is 14.9 Å². The van der Waals surface area contributed by atoms with Crippen LogP contribution in [0.3, 0.4) is 0 Å². The molecule has 0 aliphatic carbocycles. The molecule has 1 fully saturated rings. The third-order valence-electron chi connectivity index (χ3n) is 5.32. The summed E-state index contributed by atoms with van der Waals surface area (Å²) >= 11 is 0. The lowest BCUT2D eigenvalue weighted by atomic mass is 10.1. The summed E-state index contributed by atoms with van der Waals surface area (Å²) in [5, 5.41) is 3.26. The first kappa shape index (κ1) is 21.5. The molecule has 1 saturated heterocycles. The molecule has 0 bridgehead atoms. The summed E-state index contributed by atoms with van der Waals surface area (Å²) in [7, 11) is -3.54. The Kier molecular flexibility index (Phi) is 7.44. The fraction of sp³-hybridized carbons (Fsp3) is 0.524. The largest absolute Gasteiger partial charge is 0.366 e. The Morgan fingerprint density at radius 2 is 1.83 bits per heavy atom. The van der Waals surface area contributed by atoms with Crippen LogP contribution in [-0.4, -0.2) is 37.5 Å². The SMILES string of the molecule is CCC(CC)NS(=O)(=O)c1ccc(NCc2ccnc(N3CCCCC3)c2)nc1. The number of rotatable bonds is 9. The molecule has 0 radical (unpaired) electrons. The lowest BCUT2D eigenvalue weighted by molar-refractivity contribution is 0.530. The number of nitrogens with one attached hydrogen (secondary N) is 2. The summed E-state index contributed by atoms with van der Waals surface area (Å²) in [6, 6.07) is 7.33. The maximum Gasteiger partial charge on any atom is 0.242 e. The monoisotopic (exact) mass is 417 g/mol. The predicted octanol–water partition coefficient (Wildman–Crippen LogP) is 3.55. The smallest absolute Gasteiger partial charge is 0.242 e. The summed E-state index contributed by atoms with van der Waals surface area (Å²) in [6.45, 7) is 6.67. The minimum absolute atomic E-state index is 0.0569. The van der Waals surface area contributed by atoms with Gasteiger partial charge >= 0.3 is 0 Å². The molecule has 2 N–H and O–H groups in total. The van der Waals surface area contributed by atoms with Crippen molar-refractivity contribution in [2.75, 3.05) is 23.3 Å². The second-order valence-electron chi connectivity index (χ2n) is 7.44. The summed E-state index contributed by atoms with van der Waals surface area (Å²) < 4.78 is 27.6. The topological polar surface area (TPSA) is 87.2 Å². The van der Waals surface area contributed by atoms with Crippen molar-refractivity contribution < 1.29 is 8.42 Å². The normalized spacial score (nSPS) is 14.9. The van der Waals surface area contributed by atoms with Gasteiger partial charge in [0.1, 0.15) is 16.5 Å². The van der Waals surface area contributed by atoms with E-state index in [0.717, 1.165) is 37.3 Å². The molecule has 0 aromatic carbocycles. The minimum atomic E-state index is -3.54. The molecule has 0 amide bonds. The fourth-order valence-electron chi connectivity index (χ4n) is 3.45. The van der Waals surface area contributed by atoms with E-state index < -0.39 is 10.0 Å². The zero-order valence-corrected chi connectivity index (χ0v) is 18.1. The maximum absolute atomic E-state index is 12.5. The highest BCUT2D eigenvalue weighted by atomic mass is 32.2. The van der Waals surface area contributed by atoms with Gasteiger partial charge in [0.2, 0.25) is 10.0 Å². The second-order valence-corrected chi connectivity index (χ2v) is 9.15. The van der Waals surface area contributed by atoms with Crippen molar-refractivity contribution in [1.82, 2.24) is 14.7 Å². The fourth-order valence-corrected chi connectivity index (χ4v) is 4.79. The van der Waals surface area contributed by atoms with Gasteiger partial charge in [0, 0.05) is 38.1 Å². The van der Waals surface area contributed by atoms with Crippen LogP contribution in [0.4, 0.5) is 11.6 Å². The average Bonchev–Trinajstić information content (AvgIpc) is 2.77. The van der Waals surface area contributed by atoms with Gasteiger partial charge in [-0.1, -0.05) is 13.8 Å². The quantitative estimate of drug-likeness (QED) is 0.649. The molecule has 0 unspecified atom stereocenters. The van der Waals surface area contributed by atoms with Crippen molar-refractivity contribution in [2.24, 2.45) is 0 Å². The molecular weight excluding hydrogens is 386 g/mol. The Balaban J connectivity index is 1.60. The number of anilines is 2. The van der Waals surface area contributed by atoms with Gasteiger partial charge in [0.25, 0.3) is 0 Å². The molecule has 2 aromatic rings. The Morgan fingerprint density at radius 3 is 2.48 bits per heavy atom. The number of hydrogen-bond acceptors (Lipinski definition) is 6. The molecular formula is C21H31N5O2S. The first-order chi connectivity index (χ1) is 14.0. The molecule has 158 valence electrons. The zero-order valence-electron chi connectivity index (χ0n) is 17.3. The molecule has 0 saturated carbocycles. The first-order valence-electron chi connectivity index (χ1n) is 10.4. The van der Waals surface area contributed by atoms with E-state index in [0.29, 0.717) is 12.4 Å². The van der Waals surface area contributed by atoms with Crippen LogP contribution in [0, 0.1) is 0 Å². The summed E-state index contributed by atoms with van der Waals surface area (Å²) in [6.07, 6.45) is 8.49. The third kappa shape index (κ3) is 5.90. The van der Waals surface area contributed by atoms with Crippen molar-refractivity contribution in [1.29, 1.82) is 0 Å². The van der Waals surface area contributed by atoms with E-state index >= 15 is 0 Å². The van der Waals surface area contributed by atoms with E-state index in [1.165, 1.54) is 25.5 Å². The summed E-state index contributed by atoms with van der Waals surface area (Å²) in [5.74, 6) is 1.66. The minimum Gasteiger partial charge on any atom is -0.366 e. The number of nitrogens with zero attached hydrogens (tertiary/aromatic N) is 3. The van der Waals surface area contributed by atoms with Gasteiger partial charge in [-0.3, -0.25) is 0 Å². The van der Waals surface area contributed by atoms with Crippen LogP contribution in [0.25, 0.3) is 0 Å². The highest BCUT2D eigenvalue weighted by molar-refractivity contribution is 7.89. The van der Waals surface area contributed by atoms with E-state index in [9.17, 15) is 8.42 Å². The highest BCUT2D eigenvalue weighted by Gasteiger charge is 2.18. The Labute approximate surface area is 174 Å². The van der Waals surface area contributed by atoms with Gasteiger partial charge < -0.3 is 10.2 Å². The lowest BCUT2D eigenvalue weighted by Gasteiger charge is -2.27. The van der Waals surface area contributed by atoms with Crippen molar-refractivity contribution in [3.63, 3.8) is 0 Å². The molecule has 29 heavy (non-hydrogen) atoms.